The van der Waals surface area contributed by atoms with E-state index in [-0.39, 0.29) is 11.3 Å². The number of hydrogen-bond donors (Lipinski definition) is 2. The quantitative estimate of drug-likeness (QED) is 0.143. The number of carbonyl (C=O) groups is 1. The average molecular weight is 592 g/mol. The van der Waals surface area contributed by atoms with Crippen molar-refractivity contribution in [2.45, 2.75) is 70.9 Å². The molecule has 4 rings (SSSR count). The molecule has 2 N–H and O–H groups in total. The third-order valence-corrected chi connectivity index (χ3v) is 6.98. The lowest BCUT2D eigenvalue weighted by Crippen LogP contribution is -2.18. The second kappa shape index (κ2) is 16.2. The van der Waals surface area contributed by atoms with Crippen molar-refractivity contribution >= 4 is 23.2 Å². The highest BCUT2D eigenvalue weighted by Gasteiger charge is 2.36. The first kappa shape index (κ1) is 32.2. The van der Waals surface area contributed by atoms with Crippen LogP contribution >= 0.6 is 11.6 Å². The number of furan rings is 1. The van der Waals surface area contributed by atoms with E-state index in [1.54, 1.807) is 0 Å². The van der Waals surface area contributed by atoms with Crippen LogP contribution in [0.4, 0.5) is 13.2 Å². The van der Waals surface area contributed by atoms with E-state index < -0.39 is 34.2 Å². The van der Waals surface area contributed by atoms with Crippen LogP contribution < -0.4 is 5.32 Å². The third kappa shape index (κ3) is 9.93. The number of imidazole rings is 1. The number of carboxylic acids is 1. The van der Waals surface area contributed by atoms with Crippen LogP contribution in [0.2, 0.25) is 5.15 Å². The molecule has 0 fully saturated rings. The summed E-state index contributed by atoms with van der Waals surface area (Å²) in [7, 11) is 0. The summed E-state index contributed by atoms with van der Waals surface area (Å²) in [5.74, 6) is -1.32. The van der Waals surface area contributed by atoms with Gasteiger partial charge >= 0.3 is 12.1 Å². The zero-order chi connectivity index (χ0) is 29.7. The van der Waals surface area contributed by atoms with Gasteiger partial charge in [0.15, 0.2) is 11.3 Å². The number of pyridine rings is 1. The molecule has 6 nitrogen and oxygen atoms in total. The van der Waals surface area contributed by atoms with E-state index in [9.17, 15) is 18.0 Å². The topological polar surface area (TPSA) is 79.8 Å². The number of fused-ring (bicyclic) bond motifs is 1. The first-order valence-corrected chi connectivity index (χ1v) is 14.4. The number of aromatic nitrogens is 2. The number of nitrogens with one attached hydrogen (secondary N) is 1. The molecule has 0 saturated carbocycles. The minimum Gasteiger partial charge on any atom is -0.476 e. The molecular formula is C31H37ClF3N3O3. The zero-order valence-corrected chi connectivity index (χ0v) is 24.0. The summed E-state index contributed by atoms with van der Waals surface area (Å²) >= 11 is 5.83. The Hall–Kier alpha value is -3.30. The van der Waals surface area contributed by atoms with Crippen LogP contribution in [0.3, 0.4) is 0 Å². The Morgan fingerprint density at radius 1 is 1.00 bits per heavy atom. The molecular weight excluding hydrogens is 555 g/mol. The van der Waals surface area contributed by atoms with Gasteiger partial charge in [0.2, 0.25) is 0 Å². The van der Waals surface area contributed by atoms with Crippen LogP contribution in [0, 0.1) is 0 Å². The van der Waals surface area contributed by atoms with Gasteiger partial charge in [-0.2, -0.15) is 13.2 Å². The van der Waals surface area contributed by atoms with Crippen molar-refractivity contribution in [1.29, 1.82) is 0 Å². The lowest BCUT2D eigenvalue weighted by molar-refractivity contribution is -0.136. The molecule has 0 spiro atoms. The number of hydrogen-bond acceptors (Lipinski definition) is 4. The fraction of sp³-hybridized carbons (Fsp3) is 0.419. The SMILES string of the molecule is CCCCCCCCCCNCCc1ccccc1.O=C(O)c1nc2c(C(F)(F)F)cc(-c3ccco3)cn2c1Cl. The molecule has 3 aromatic heterocycles. The second-order valence-corrected chi connectivity index (χ2v) is 10.2. The fourth-order valence-electron chi connectivity index (χ4n) is 4.43. The highest BCUT2D eigenvalue weighted by molar-refractivity contribution is 6.32. The molecule has 41 heavy (non-hydrogen) atoms. The number of nitrogens with zero attached hydrogens (tertiary/aromatic N) is 2. The van der Waals surface area contributed by atoms with E-state index in [2.05, 4.69) is 47.6 Å². The number of aromatic carboxylic acids is 1. The highest BCUT2D eigenvalue weighted by atomic mass is 35.5. The predicted octanol–water partition coefficient (Wildman–Crippen LogP) is 8.92. The molecule has 0 atom stereocenters. The van der Waals surface area contributed by atoms with Crippen LogP contribution in [0.5, 0.6) is 0 Å². The Bertz CT molecular complexity index is 1340. The van der Waals surface area contributed by atoms with Crippen molar-refractivity contribution in [2.24, 2.45) is 0 Å². The zero-order valence-electron chi connectivity index (χ0n) is 23.2. The summed E-state index contributed by atoms with van der Waals surface area (Å²) in [5.41, 5.74) is -0.795. The van der Waals surface area contributed by atoms with E-state index >= 15 is 0 Å². The number of carboxylic acid groups (broad SMARTS) is 1. The van der Waals surface area contributed by atoms with E-state index in [1.807, 2.05) is 0 Å². The summed E-state index contributed by atoms with van der Waals surface area (Å²) in [6.07, 6.45) is 10.2. The monoisotopic (exact) mass is 591 g/mol. The van der Waals surface area contributed by atoms with Crippen LogP contribution in [-0.4, -0.2) is 33.6 Å². The van der Waals surface area contributed by atoms with Gasteiger partial charge in [-0.3, -0.25) is 4.40 Å². The van der Waals surface area contributed by atoms with Gasteiger partial charge < -0.3 is 14.8 Å². The second-order valence-electron chi connectivity index (χ2n) is 9.83. The average Bonchev–Trinajstić information content (AvgIpc) is 3.60. The van der Waals surface area contributed by atoms with Crippen LogP contribution in [0.25, 0.3) is 17.0 Å². The maximum Gasteiger partial charge on any atom is 0.420 e. The molecule has 0 unspecified atom stereocenters. The summed E-state index contributed by atoms with van der Waals surface area (Å²) in [6, 6.07) is 14.6. The van der Waals surface area contributed by atoms with Gasteiger partial charge in [-0.25, -0.2) is 9.78 Å². The van der Waals surface area contributed by atoms with E-state index in [4.69, 9.17) is 21.1 Å². The molecule has 0 saturated heterocycles. The maximum atomic E-state index is 13.2. The molecule has 0 aliphatic rings. The van der Waals surface area contributed by atoms with E-state index in [0.29, 0.717) is 0 Å². The Balaban J connectivity index is 0.000000229. The van der Waals surface area contributed by atoms with Gasteiger partial charge in [0.1, 0.15) is 10.9 Å². The molecule has 4 aromatic rings. The summed E-state index contributed by atoms with van der Waals surface area (Å²) in [6.45, 7) is 4.57. The molecule has 0 amide bonds. The van der Waals surface area contributed by atoms with Gasteiger partial charge in [-0.15, -0.1) is 0 Å². The summed E-state index contributed by atoms with van der Waals surface area (Å²) < 4.78 is 45.6. The molecule has 0 radical (unpaired) electrons. The van der Waals surface area contributed by atoms with Crippen molar-refractivity contribution in [3.63, 3.8) is 0 Å². The van der Waals surface area contributed by atoms with Gasteiger partial charge in [0.25, 0.3) is 0 Å². The van der Waals surface area contributed by atoms with Crippen molar-refractivity contribution in [3.8, 4) is 11.3 Å². The van der Waals surface area contributed by atoms with Crippen molar-refractivity contribution in [1.82, 2.24) is 14.7 Å². The van der Waals surface area contributed by atoms with Crippen LogP contribution in [0.1, 0.15) is 79.9 Å². The minimum absolute atomic E-state index is 0.0982. The number of halogens is 4. The van der Waals surface area contributed by atoms with Crippen molar-refractivity contribution in [3.05, 3.63) is 83.0 Å². The van der Waals surface area contributed by atoms with Gasteiger partial charge in [-0.1, -0.05) is 93.8 Å². The minimum atomic E-state index is -4.73. The molecule has 10 heteroatoms. The largest absolute Gasteiger partial charge is 0.476 e. The van der Waals surface area contributed by atoms with Crippen LogP contribution in [-0.2, 0) is 12.6 Å². The van der Waals surface area contributed by atoms with E-state index in [0.717, 1.165) is 23.4 Å². The normalized spacial score (nSPS) is 11.4. The smallest absolute Gasteiger partial charge is 0.420 e. The first-order chi connectivity index (χ1) is 19.7. The first-order valence-electron chi connectivity index (χ1n) is 14.0. The molecule has 0 aliphatic carbocycles. The summed E-state index contributed by atoms with van der Waals surface area (Å²) in [5, 5.41) is 12.1. The Kier molecular flexibility index (Phi) is 12.7. The molecule has 0 aliphatic heterocycles. The Labute approximate surface area is 243 Å². The number of unbranched alkanes of at least 4 members (excludes halogenated alkanes) is 7. The third-order valence-electron chi connectivity index (χ3n) is 6.62. The highest BCUT2D eigenvalue weighted by Crippen LogP contribution is 2.37. The lowest BCUT2D eigenvalue weighted by Gasteiger charge is -2.10. The summed E-state index contributed by atoms with van der Waals surface area (Å²) in [4.78, 5) is 14.5. The van der Waals surface area contributed by atoms with Gasteiger partial charge in [-0.05, 0) is 49.7 Å². The van der Waals surface area contributed by atoms with Gasteiger partial charge in [0.05, 0.1) is 11.8 Å². The predicted molar refractivity (Wildman–Crippen MR) is 155 cm³/mol. The number of rotatable bonds is 14. The van der Waals surface area contributed by atoms with E-state index in [1.165, 1.54) is 88.1 Å². The molecule has 1 aromatic carbocycles. The van der Waals surface area contributed by atoms with Crippen LogP contribution in [0.15, 0.2) is 65.4 Å². The molecule has 3 heterocycles. The number of alkyl halides is 3. The molecule has 222 valence electrons. The van der Waals surface area contributed by atoms with Crippen molar-refractivity contribution in [2.75, 3.05) is 13.1 Å². The fourth-order valence-corrected chi connectivity index (χ4v) is 4.68. The van der Waals surface area contributed by atoms with Crippen molar-refractivity contribution < 1.29 is 27.5 Å². The maximum absolute atomic E-state index is 13.2. The number of benzene rings is 1. The van der Waals surface area contributed by atoms with Gasteiger partial charge in [0, 0.05) is 11.8 Å². The standard InChI is InChI=1S/C18H31N.C13H6ClF3N2O3/c1-2-3-4-5-6-7-8-12-16-19-17-15-18-13-10-9-11-14-18;14-10-9(12(20)21)18-11-7(13(15,16)17)4-6(5-19(10)11)8-2-1-3-22-8/h9-11,13-14,19H,2-8,12,15-17H2,1H3;1-5H,(H,20,21). The Morgan fingerprint density at radius 2 is 1.68 bits per heavy atom. The lowest BCUT2D eigenvalue weighted by atomic mass is 10.1. The Morgan fingerprint density at radius 3 is 2.29 bits per heavy atom. The molecule has 0 bridgehead atoms.